The van der Waals surface area contributed by atoms with Crippen LogP contribution >= 0.6 is 0 Å². The number of fused-ring (bicyclic) bond motifs is 7. The zero-order valence-corrected chi connectivity index (χ0v) is 31.5. The quantitative estimate of drug-likeness (QED) is 0.165. The average Bonchev–Trinajstić information content (AvgIpc) is 3.51. The first-order valence-corrected chi connectivity index (χ1v) is 19.3. The molecule has 10 aromatic rings. The topological polar surface area (TPSA) is 64.5 Å². The molecule has 0 bridgehead atoms. The maximum Gasteiger partial charge on any atom is 0.160 e. The Morgan fingerprint density at radius 3 is 1.82 bits per heavy atom. The Kier molecular flexibility index (Phi) is 7.45. The van der Waals surface area contributed by atoms with Crippen molar-refractivity contribution in [2.24, 2.45) is 0 Å². The highest BCUT2D eigenvalue weighted by molar-refractivity contribution is 6.04. The van der Waals surface area contributed by atoms with Gasteiger partial charge in [0.15, 0.2) is 5.82 Å². The molecule has 0 saturated heterocycles. The van der Waals surface area contributed by atoms with E-state index in [0.717, 1.165) is 83.2 Å². The first-order valence-electron chi connectivity index (χ1n) is 19.3. The van der Waals surface area contributed by atoms with Gasteiger partial charge >= 0.3 is 0 Å². The van der Waals surface area contributed by atoms with E-state index in [0.29, 0.717) is 5.82 Å². The van der Waals surface area contributed by atoms with E-state index in [1.807, 2.05) is 24.4 Å². The normalized spacial score (nSPS) is 12.9. The molecule has 0 N–H and O–H groups in total. The van der Waals surface area contributed by atoms with Crippen molar-refractivity contribution in [3.63, 3.8) is 0 Å². The SMILES string of the molecule is CC1(C)c2ccccc2-c2ccc(-c3ccc4ccc5ccc(-c6cccc(-c7nc(-c8ccc(-c9cccnc9)cc8)c8ccccc8n7)c6)nc5c4n3)cc21. The van der Waals surface area contributed by atoms with Gasteiger partial charge in [-0.3, -0.25) is 4.98 Å². The summed E-state index contributed by atoms with van der Waals surface area (Å²) in [7, 11) is 0. The first kappa shape index (κ1) is 33.0. The lowest BCUT2D eigenvalue weighted by molar-refractivity contribution is 0.660. The molecule has 0 aliphatic heterocycles. The Balaban J connectivity index is 0.977. The third-order valence-corrected chi connectivity index (χ3v) is 11.6. The summed E-state index contributed by atoms with van der Waals surface area (Å²) in [6.07, 6.45) is 3.68. The molecule has 6 aromatic carbocycles. The fourth-order valence-electron chi connectivity index (χ4n) is 8.55. The van der Waals surface area contributed by atoms with Crippen molar-refractivity contribution in [1.82, 2.24) is 24.9 Å². The summed E-state index contributed by atoms with van der Waals surface area (Å²) < 4.78 is 0. The molecule has 268 valence electrons. The summed E-state index contributed by atoms with van der Waals surface area (Å²) in [6, 6.07) is 57.5. The van der Waals surface area contributed by atoms with Gasteiger partial charge in [0.05, 0.1) is 33.6 Å². The minimum absolute atomic E-state index is 0.0812. The Morgan fingerprint density at radius 2 is 1.05 bits per heavy atom. The molecule has 0 fully saturated rings. The number of nitrogens with zero attached hydrogens (tertiary/aromatic N) is 5. The highest BCUT2D eigenvalue weighted by Gasteiger charge is 2.35. The molecule has 0 saturated carbocycles. The monoisotopic (exact) mass is 729 g/mol. The molecule has 57 heavy (non-hydrogen) atoms. The van der Waals surface area contributed by atoms with Crippen LogP contribution in [0.5, 0.6) is 0 Å². The van der Waals surface area contributed by atoms with Gasteiger partial charge < -0.3 is 0 Å². The van der Waals surface area contributed by atoms with Gasteiger partial charge in [-0.15, -0.1) is 0 Å². The molecule has 5 heteroatoms. The minimum atomic E-state index is -0.0812. The van der Waals surface area contributed by atoms with E-state index in [1.54, 1.807) is 6.20 Å². The number of pyridine rings is 3. The summed E-state index contributed by atoms with van der Waals surface area (Å²) in [5.74, 6) is 0.667. The fraction of sp³-hybridized carbons (Fsp3) is 0.0577. The largest absolute Gasteiger partial charge is 0.264 e. The van der Waals surface area contributed by atoms with Crippen LogP contribution in [-0.2, 0) is 5.41 Å². The maximum atomic E-state index is 5.30. The molecule has 4 aromatic heterocycles. The van der Waals surface area contributed by atoms with E-state index in [2.05, 4.69) is 164 Å². The van der Waals surface area contributed by atoms with Gasteiger partial charge in [0.25, 0.3) is 0 Å². The maximum absolute atomic E-state index is 5.30. The van der Waals surface area contributed by atoms with Gasteiger partial charge in [0, 0.05) is 56.2 Å². The van der Waals surface area contributed by atoms with Crippen LogP contribution in [0.2, 0.25) is 0 Å². The van der Waals surface area contributed by atoms with Gasteiger partial charge in [-0.05, 0) is 69.8 Å². The summed E-state index contributed by atoms with van der Waals surface area (Å²) in [5, 5.41) is 3.12. The minimum Gasteiger partial charge on any atom is -0.264 e. The van der Waals surface area contributed by atoms with Crippen molar-refractivity contribution in [3.8, 4) is 67.4 Å². The second-order valence-electron chi connectivity index (χ2n) is 15.3. The van der Waals surface area contributed by atoms with Gasteiger partial charge in [-0.1, -0.05) is 141 Å². The van der Waals surface area contributed by atoms with Crippen molar-refractivity contribution >= 4 is 32.7 Å². The molecule has 1 aliphatic carbocycles. The van der Waals surface area contributed by atoms with Crippen LogP contribution in [-0.4, -0.2) is 24.9 Å². The predicted molar refractivity (Wildman–Crippen MR) is 233 cm³/mol. The lowest BCUT2D eigenvalue weighted by Crippen LogP contribution is -2.14. The molecular weight excluding hydrogens is 695 g/mol. The molecule has 0 atom stereocenters. The Hall–Kier alpha value is -7.37. The van der Waals surface area contributed by atoms with Gasteiger partial charge in [0.1, 0.15) is 0 Å². The third kappa shape index (κ3) is 5.50. The average molecular weight is 730 g/mol. The summed E-state index contributed by atoms with van der Waals surface area (Å²) >= 11 is 0. The smallest absolute Gasteiger partial charge is 0.160 e. The number of hydrogen-bond acceptors (Lipinski definition) is 5. The van der Waals surface area contributed by atoms with Crippen LogP contribution < -0.4 is 0 Å². The van der Waals surface area contributed by atoms with Crippen molar-refractivity contribution in [2.45, 2.75) is 19.3 Å². The molecule has 0 unspecified atom stereocenters. The van der Waals surface area contributed by atoms with Crippen molar-refractivity contribution in [2.75, 3.05) is 0 Å². The van der Waals surface area contributed by atoms with Crippen molar-refractivity contribution in [3.05, 3.63) is 187 Å². The van der Waals surface area contributed by atoms with Crippen LogP contribution in [0.1, 0.15) is 25.0 Å². The number of hydrogen-bond donors (Lipinski definition) is 0. The Labute approximate surface area is 330 Å². The highest BCUT2D eigenvalue weighted by Crippen LogP contribution is 2.49. The molecule has 0 spiro atoms. The summed E-state index contributed by atoms with van der Waals surface area (Å²) in [5.41, 5.74) is 16.9. The zero-order valence-electron chi connectivity index (χ0n) is 31.5. The van der Waals surface area contributed by atoms with Crippen LogP contribution in [0.4, 0.5) is 0 Å². The summed E-state index contributed by atoms with van der Waals surface area (Å²) in [4.78, 5) is 25.1. The lowest BCUT2D eigenvalue weighted by atomic mass is 9.82. The first-order chi connectivity index (χ1) is 28.0. The highest BCUT2D eigenvalue weighted by atomic mass is 14.9. The van der Waals surface area contributed by atoms with E-state index in [4.69, 9.17) is 19.9 Å². The van der Waals surface area contributed by atoms with Crippen molar-refractivity contribution < 1.29 is 0 Å². The Morgan fingerprint density at radius 1 is 0.421 bits per heavy atom. The van der Waals surface area contributed by atoms with Gasteiger partial charge in [-0.2, -0.15) is 0 Å². The molecule has 5 nitrogen and oxygen atoms in total. The third-order valence-electron chi connectivity index (χ3n) is 11.6. The molecule has 4 heterocycles. The predicted octanol–water partition coefficient (Wildman–Crippen LogP) is 12.8. The number of para-hydroxylation sites is 1. The second-order valence-corrected chi connectivity index (χ2v) is 15.3. The van der Waals surface area contributed by atoms with Crippen LogP contribution in [0.15, 0.2) is 176 Å². The van der Waals surface area contributed by atoms with E-state index in [1.165, 1.54) is 22.3 Å². The van der Waals surface area contributed by atoms with Crippen LogP contribution in [0.3, 0.4) is 0 Å². The van der Waals surface area contributed by atoms with Gasteiger partial charge in [0.2, 0.25) is 0 Å². The van der Waals surface area contributed by atoms with Crippen LogP contribution in [0, 0.1) is 0 Å². The molecule has 11 rings (SSSR count). The summed E-state index contributed by atoms with van der Waals surface area (Å²) in [6.45, 7) is 4.63. The molecular formula is C52H35N5. The van der Waals surface area contributed by atoms with Crippen molar-refractivity contribution in [1.29, 1.82) is 0 Å². The standard InChI is InChI=1S/C52H35N5/c1-52(2)43-14-5-3-12-40(43)41-25-22-37(30-44(41)52)46-27-24-35-21-20-34-23-26-45(54-49(34)50(35)55-46)36-9-7-10-38(29-36)51-56-47-15-6-4-13-42(47)48(57-51)33-18-16-32(17-19-33)39-11-8-28-53-31-39/h3-31H,1-2H3. The molecule has 0 radical (unpaired) electrons. The number of aromatic nitrogens is 5. The lowest BCUT2D eigenvalue weighted by Gasteiger charge is -2.21. The molecule has 1 aliphatic rings. The number of benzene rings is 6. The van der Waals surface area contributed by atoms with E-state index < -0.39 is 0 Å². The second kappa shape index (κ2) is 12.9. The van der Waals surface area contributed by atoms with E-state index >= 15 is 0 Å². The molecule has 0 amide bonds. The Bertz CT molecular complexity index is 3210. The fourth-order valence-corrected chi connectivity index (χ4v) is 8.55. The number of rotatable bonds is 5. The van der Waals surface area contributed by atoms with Crippen LogP contribution in [0.25, 0.3) is 100 Å². The zero-order chi connectivity index (χ0) is 38.1. The van der Waals surface area contributed by atoms with E-state index in [9.17, 15) is 0 Å². The van der Waals surface area contributed by atoms with E-state index in [-0.39, 0.29) is 5.41 Å². The van der Waals surface area contributed by atoms with Gasteiger partial charge in [-0.25, -0.2) is 19.9 Å².